The van der Waals surface area contributed by atoms with Gasteiger partial charge in [-0.05, 0) is 34.8 Å². The fraction of sp³-hybridized carbons (Fsp3) is 0.368. The van der Waals surface area contributed by atoms with E-state index in [2.05, 4.69) is 33.2 Å². The van der Waals surface area contributed by atoms with Crippen LogP contribution in [-0.2, 0) is 16.0 Å². The predicted molar refractivity (Wildman–Crippen MR) is 99.8 cm³/mol. The molecule has 1 aliphatic rings. The van der Waals surface area contributed by atoms with Gasteiger partial charge in [-0.3, -0.25) is 14.9 Å². The number of amides is 2. The molecule has 3 rings (SSSR count). The van der Waals surface area contributed by atoms with Crippen LogP contribution in [0.15, 0.2) is 28.7 Å². The number of carbonyl (C=O) groups excluding carboxylic acids is 2. The van der Waals surface area contributed by atoms with E-state index in [1.807, 2.05) is 24.3 Å². The molecule has 0 atom stereocenters. The Morgan fingerprint density at radius 3 is 2.46 bits per heavy atom. The highest BCUT2D eigenvalue weighted by molar-refractivity contribution is 9.12. The number of hydrogen-bond donors (Lipinski definition) is 2. The van der Waals surface area contributed by atoms with Gasteiger partial charge in [0.15, 0.2) is 0 Å². The van der Waals surface area contributed by atoms with Crippen LogP contribution < -0.4 is 5.32 Å². The number of hydrogen-bond acceptors (Lipinski definition) is 2. The van der Waals surface area contributed by atoms with E-state index in [4.69, 9.17) is 0 Å². The van der Waals surface area contributed by atoms with Gasteiger partial charge < -0.3 is 4.98 Å². The van der Waals surface area contributed by atoms with Gasteiger partial charge in [-0.2, -0.15) is 0 Å². The van der Waals surface area contributed by atoms with Crippen LogP contribution in [0.4, 0.5) is 0 Å². The highest BCUT2D eigenvalue weighted by Crippen LogP contribution is 2.36. The molecule has 126 valence electrons. The number of fused-ring (bicyclic) bond motifs is 1. The van der Waals surface area contributed by atoms with E-state index in [1.54, 1.807) is 0 Å². The summed E-state index contributed by atoms with van der Waals surface area (Å²) in [6.45, 7) is 2.20. The second-order valence-corrected chi connectivity index (χ2v) is 6.95. The van der Waals surface area contributed by atoms with Gasteiger partial charge >= 0.3 is 0 Å². The molecule has 24 heavy (non-hydrogen) atoms. The van der Waals surface area contributed by atoms with E-state index in [-0.39, 0.29) is 11.8 Å². The van der Waals surface area contributed by atoms with Crippen molar-refractivity contribution in [1.29, 1.82) is 0 Å². The Morgan fingerprint density at radius 2 is 1.75 bits per heavy atom. The molecule has 2 aromatic rings. The molecule has 0 aliphatic carbocycles. The van der Waals surface area contributed by atoms with Crippen LogP contribution in [0.25, 0.3) is 16.5 Å². The maximum Gasteiger partial charge on any atom is 0.265 e. The molecular weight excluding hydrogens is 368 g/mol. The van der Waals surface area contributed by atoms with Crippen molar-refractivity contribution in [2.75, 3.05) is 0 Å². The van der Waals surface area contributed by atoms with Crippen LogP contribution >= 0.6 is 15.9 Å². The third kappa shape index (κ3) is 3.18. The average Bonchev–Trinajstić information content (AvgIpc) is 3.04. The summed E-state index contributed by atoms with van der Waals surface area (Å²) in [5, 5.41) is 3.35. The Bertz CT molecular complexity index is 820. The second-order valence-electron chi connectivity index (χ2n) is 6.16. The number of aromatic amines is 1. The van der Waals surface area contributed by atoms with Gasteiger partial charge in [-0.1, -0.05) is 50.8 Å². The zero-order valence-corrected chi connectivity index (χ0v) is 15.3. The number of para-hydroxylation sites is 1. The SMILES string of the molecule is CCCCCCCc1[nH]c2ccccc2c1C1=C(Br)C(=O)NC1=O. The fourth-order valence-corrected chi connectivity index (χ4v) is 3.71. The first-order chi connectivity index (χ1) is 11.6. The van der Waals surface area contributed by atoms with E-state index in [0.717, 1.165) is 35.0 Å². The minimum absolute atomic E-state index is 0.324. The fourth-order valence-electron chi connectivity index (χ4n) is 3.23. The molecule has 0 saturated carbocycles. The highest BCUT2D eigenvalue weighted by Gasteiger charge is 2.32. The van der Waals surface area contributed by atoms with Crippen molar-refractivity contribution in [3.05, 3.63) is 40.0 Å². The molecule has 1 aromatic heterocycles. The summed E-state index contributed by atoms with van der Waals surface area (Å²) in [4.78, 5) is 27.5. The van der Waals surface area contributed by atoms with E-state index in [9.17, 15) is 9.59 Å². The quantitative estimate of drug-likeness (QED) is 0.543. The molecule has 0 radical (unpaired) electrons. The number of nitrogens with one attached hydrogen (secondary N) is 2. The zero-order chi connectivity index (χ0) is 17.1. The van der Waals surface area contributed by atoms with E-state index in [1.165, 1.54) is 25.7 Å². The van der Waals surface area contributed by atoms with Crippen molar-refractivity contribution in [2.45, 2.75) is 45.4 Å². The minimum Gasteiger partial charge on any atom is -0.358 e. The van der Waals surface area contributed by atoms with Gasteiger partial charge in [0.05, 0.1) is 10.1 Å². The van der Waals surface area contributed by atoms with Gasteiger partial charge in [0.1, 0.15) is 0 Å². The minimum atomic E-state index is -0.367. The summed E-state index contributed by atoms with van der Waals surface area (Å²) in [5.41, 5.74) is 3.33. The maximum absolute atomic E-state index is 12.3. The maximum atomic E-state index is 12.3. The number of aromatic nitrogens is 1. The number of unbranched alkanes of at least 4 members (excludes halogenated alkanes) is 4. The molecule has 0 fully saturated rings. The topological polar surface area (TPSA) is 62.0 Å². The van der Waals surface area contributed by atoms with Crippen LogP contribution in [0.3, 0.4) is 0 Å². The third-order valence-electron chi connectivity index (χ3n) is 4.44. The van der Waals surface area contributed by atoms with Crippen LogP contribution in [-0.4, -0.2) is 16.8 Å². The summed E-state index contributed by atoms with van der Waals surface area (Å²) in [6, 6.07) is 7.92. The predicted octanol–water partition coefficient (Wildman–Crippen LogP) is 4.44. The molecule has 0 unspecified atom stereocenters. The Morgan fingerprint density at radius 1 is 1.00 bits per heavy atom. The molecule has 1 aromatic carbocycles. The van der Waals surface area contributed by atoms with Gasteiger partial charge in [-0.15, -0.1) is 0 Å². The Labute approximate surface area is 149 Å². The standard InChI is InChI=1S/C19H21BrN2O2/c1-2-3-4-5-6-11-14-15(12-9-7-8-10-13(12)21-14)16-17(20)19(24)22-18(16)23/h7-10,21H,2-6,11H2,1H3,(H,22,23,24). The van der Waals surface area contributed by atoms with Crippen LogP contribution in [0, 0.1) is 0 Å². The molecule has 2 amide bonds. The number of rotatable bonds is 7. The number of imide groups is 1. The molecule has 2 heterocycles. The van der Waals surface area contributed by atoms with Crippen LogP contribution in [0.5, 0.6) is 0 Å². The van der Waals surface area contributed by atoms with Gasteiger partial charge in [-0.25, -0.2) is 0 Å². The molecule has 2 N–H and O–H groups in total. The summed E-state index contributed by atoms with van der Waals surface area (Å²) in [5.74, 6) is -0.696. The van der Waals surface area contributed by atoms with Crippen LogP contribution in [0.2, 0.25) is 0 Å². The lowest BCUT2D eigenvalue weighted by molar-refractivity contribution is -0.123. The normalized spacial score (nSPS) is 14.8. The van der Waals surface area contributed by atoms with Crippen molar-refractivity contribution in [3.8, 4) is 0 Å². The average molecular weight is 389 g/mol. The lowest BCUT2D eigenvalue weighted by Crippen LogP contribution is -2.22. The number of halogens is 1. The smallest absolute Gasteiger partial charge is 0.265 e. The Hall–Kier alpha value is -1.88. The van der Waals surface area contributed by atoms with Crippen molar-refractivity contribution in [1.82, 2.24) is 10.3 Å². The number of benzene rings is 1. The van der Waals surface area contributed by atoms with Crippen LogP contribution in [0.1, 0.15) is 50.3 Å². The number of carbonyl (C=O) groups is 2. The molecular formula is C19H21BrN2O2. The summed E-state index contributed by atoms with van der Waals surface area (Å²) < 4.78 is 0.324. The van der Waals surface area contributed by atoms with E-state index in [0.29, 0.717) is 10.1 Å². The first-order valence-electron chi connectivity index (χ1n) is 8.49. The van der Waals surface area contributed by atoms with Crippen molar-refractivity contribution >= 4 is 44.2 Å². The van der Waals surface area contributed by atoms with Crippen molar-refractivity contribution in [2.24, 2.45) is 0 Å². The summed E-state index contributed by atoms with van der Waals surface area (Å²) >= 11 is 3.29. The lowest BCUT2D eigenvalue weighted by atomic mass is 9.99. The zero-order valence-electron chi connectivity index (χ0n) is 13.7. The van der Waals surface area contributed by atoms with Gasteiger partial charge in [0.2, 0.25) is 0 Å². The first kappa shape index (κ1) is 17.0. The lowest BCUT2D eigenvalue weighted by Gasteiger charge is -2.05. The Balaban J connectivity index is 1.97. The summed E-state index contributed by atoms with van der Waals surface area (Å²) in [7, 11) is 0. The summed E-state index contributed by atoms with van der Waals surface area (Å²) in [6.07, 6.45) is 6.83. The molecule has 1 aliphatic heterocycles. The molecule has 0 spiro atoms. The first-order valence-corrected chi connectivity index (χ1v) is 9.28. The van der Waals surface area contributed by atoms with E-state index >= 15 is 0 Å². The highest BCUT2D eigenvalue weighted by atomic mass is 79.9. The van der Waals surface area contributed by atoms with Crippen molar-refractivity contribution < 1.29 is 9.59 Å². The molecule has 0 bridgehead atoms. The molecule has 4 nitrogen and oxygen atoms in total. The monoisotopic (exact) mass is 388 g/mol. The number of H-pyrrole nitrogens is 1. The molecule has 5 heteroatoms. The third-order valence-corrected chi connectivity index (χ3v) is 5.19. The Kier molecular flexibility index (Phi) is 5.19. The van der Waals surface area contributed by atoms with Crippen molar-refractivity contribution in [3.63, 3.8) is 0 Å². The largest absolute Gasteiger partial charge is 0.358 e. The number of aryl methyl sites for hydroxylation is 1. The molecule has 0 saturated heterocycles. The van der Waals surface area contributed by atoms with Gasteiger partial charge in [0.25, 0.3) is 11.8 Å². The van der Waals surface area contributed by atoms with Gasteiger partial charge in [0, 0.05) is 22.2 Å². The van der Waals surface area contributed by atoms with E-state index < -0.39 is 0 Å². The second kappa shape index (κ2) is 7.34.